The largest absolute Gasteiger partial charge is 0.308 e. The summed E-state index contributed by atoms with van der Waals surface area (Å²) in [6.07, 6.45) is 2.72. The minimum Gasteiger partial charge on any atom is -0.308 e. The molecule has 0 saturated heterocycles. The summed E-state index contributed by atoms with van der Waals surface area (Å²) in [4.78, 5) is 4.09. The molecular formula is C16H17ClF2N2. The van der Waals surface area contributed by atoms with Crippen molar-refractivity contribution in [2.24, 2.45) is 0 Å². The molecule has 0 amide bonds. The summed E-state index contributed by atoms with van der Waals surface area (Å²) < 4.78 is 27.8. The molecule has 1 atom stereocenters. The van der Waals surface area contributed by atoms with Gasteiger partial charge in [0.1, 0.15) is 11.6 Å². The fourth-order valence-electron chi connectivity index (χ4n) is 2.16. The number of hydrogen-bond acceptors (Lipinski definition) is 2. The van der Waals surface area contributed by atoms with E-state index in [1.165, 1.54) is 30.5 Å². The molecule has 0 bridgehead atoms. The van der Waals surface area contributed by atoms with E-state index in [4.69, 9.17) is 11.6 Å². The van der Waals surface area contributed by atoms with Crippen molar-refractivity contribution >= 4 is 11.6 Å². The molecule has 1 unspecified atom stereocenters. The van der Waals surface area contributed by atoms with Gasteiger partial charge < -0.3 is 5.32 Å². The van der Waals surface area contributed by atoms with Crippen LogP contribution in [0.3, 0.4) is 0 Å². The standard InChI is InChI=1S/C16H17ClF2N2/c1-2-7-20-15(16-14(19)4-3-8-21-16)10-11-9-12(17)5-6-13(11)18/h3-6,8-9,15,20H,2,7,10H2,1H3. The summed E-state index contributed by atoms with van der Waals surface area (Å²) in [5.41, 5.74) is 0.742. The summed E-state index contributed by atoms with van der Waals surface area (Å²) in [7, 11) is 0. The Bertz CT molecular complexity index is 605. The smallest absolute Gasteiger partial charge is 0.146 e. The van der Waals surface area contributed by atoms with Crippen molar-refractivity contribution in [1.29, 1.82) is 0 Å². The number of halogens is 3. The molecule has 21 heavy (non-hydrogen) atoms. The van der Waals surface area contributed by atoms with Crippen LogP contribution in [0.15, 0.2) is 36.5 Å². The van der Waals surface area contributed by atoms with Crippen LogP contribution in [0.5, 0.6) is 0 Å². The van der Waals surface area contributed by atoms with E-state index in [1.54, 1.807) is 6.07 Å². The number of benzene rings is 1. The van der Waals surface area contributed by atoms with E-state index in [1.807, 2.05) is 6.92 Å². The van der Waals surface area contributed by atoms with Crippen molar-refractivity contribution < 1.29 is 8.78 Å². The molecule has 0 aliphatic rings. The van der Waals surface area contributed by atoms with Gasteiger partial charge >= 0.3 is 0 Å². The maximum Gasteiger partial charge on any atom is 0.146 e. The summed E-state index contributed by atoms with van der Waals surface area (Å²) in [6, 6.07) is 6.89. The Morgan fingerprint density at radius 3 is 2.76 bits per heavy atom. The Morgan fingerprint density at radius 2 is 2.05 bits per heavy atom. The van der Waals surface area contributed by atoms with Crippen molar-refractivity contribution in [1.82, 2.24) is 10.3 Å². The molecule has 0 aliphatic carbocycles. The van der Waals surface area contributed by atoms with Crippen molar-refractivity contribution in [3.8, 4) is 0 Å². The summed E-state index contributed by atoms with van der Waals surface area (Å²) in [5, 5.41) is 3.67. The molecule has 0 fully saturated rings. The fraction of sp³-hybridized carbons (Fsp3) is 0.312. The predicted molar refractivity (Wildman–Crippen MR) is 80.3 cm³/mol. The minimum atomic E-state index is -0.395. The van der Waals surface area contributed by atoms with E-state index in [0.29, 0.717) is 29.2 Å². The molecule has 2 aromatic rings. The molecule has 112 valence electrons. The van der Waals surface area contributed by atoms with Gasteiger partial charge in [0, 0.05) is 11.2 Å². The lowest BCUT2D eigenvalue weighted by atomic mass is 10.0. The topological polar surface area (TPSA) is 24.9 Å². The molecule has 1 aromatic carbocycles. The number of nitrogens with one attached hydrogen (secondary N) is 1. The molecule has 1 aromatic heterocycles. The van der Waals surface area contributed by atoms with E-state index in [0.717, 1.165) is 6.42 Å². The van der Waals surface area contributed by atoms with Gasteiger partial charge in [0.2, 0.25) is 0 Å². The second kappa shape index (κ2) is 7.48. The van der Waals surface area contributed by atoms with Crippen molar-refractivity contribution in [3.05, 3.63) is 64.4 Å². The van der Waals surface area contributed by atoms with Crippen LogP contribution >= 0.6 is 11.6 Å². The highest BCUT2D eigenvalue weighted by Crippen LogP contribution is 2.23. The third-order valence-corrected chi connectivity index (χ3v) is 3.42. The first-order valence-electron chi connectivity index (χ1n) is 6.89. The zero-order valence-electron chi connectivity index (χ0n) is 11.7. The van der Waals surface area contributed by atoms with E-state index in [-0.39, 0.29) is 11.9 Å². The third kappa shape index (κ3) is 4.22. The van der Waals surface area contributed by atoms with Gasteiger partial charge in [0.05, 0.1) is 11.7 Å². The molecule has 2 nitrogen and oxygen atoms in total. The van der Waals surface area contributed by atoms with Gasteiger partial charge in [-0.3, -0.25) is 4.98 Å². The van der Waals surface area contributed by atoms with Gasteiger partial charge in [0.25, 0.3) is 0 Å². The molecule has 2 rings (SSSR count). The predicted octanol–water partition coefficient (Wildman–Crippen LogP) is 4.30. The minimum absolute atomic E-state index is 0.292. The molecule has 1 heterocycles. The molecule has 0 spiro atoms. The van der Waals surface area contributed by atoms with Crippen molar-refractivity contribution in [2.75, 3.05) is 6.54 Å². The lowest BCUT2D eigenvalue weighted by Crippen LogP contribution is -2.26. The van der Waals surface area contributed by atoms with Crippen molar-refractivity contribution in [2.45, 2.75) is 25.8 Å². The van der Waals surface area contributed by atoms with E-state index < -0.39 is 5.82 Å². The van der Waals surface area contributed by atoms with Crippen LogP contribution in [0, 0.1) is 11.6 Å². The lowest BCUT2D eigenvalue weighted by molar-refractivity contribution is 0.474. The lowest BCUT2D eigenvalue weighted by Gasteiger charge is -2.19. The number of pyridine rings is 1. The molecule has 0 radical (unpaired) electrons. The third-order valence-electron chi connectivity index (χ3n) is 3.19. The number of rotatable bonds is 6. The average Bonchev–Trinajstić information content (AvgIpc) is 2.48. The van der Waals surface area contributed by atoms with E-state index >= 15 is 0 Å². The van der Waals surface area contributed by atoms with Gasteiger partial charge in [-0.05, 0) is 55.3 Å². The highest BCUT2D eigenvalue weighted by molar-refractivity contribution is 6.30. The highest BCUT2D eigenvalue weighted by atomic mass is 35.5. The van der Waals surface area contributed by atoms with Crippen LogP contribution < -0.4 is 5.32 Å². The maximum atomic E-state index is 13.9. The number of nitrogens with zero attached hydrogens (tertiary/aromatic N) is 1. The number of aromatic nitrogens is 1. The average molecular weight is 311 g/mol. The normalized spacial score (nSPS) is 12.4. The second-order valence-corrected chi connectivity index (χ2v) is 5.25. The monoisotopic (exact) mass is 310 g/mol. The van der Waals surface area contributed by atoms with E-state index in [2.05, 4.69) is 10.3 Å². The van der Waals surface area contributed by atoms with Crippen molar-refractivity contribution in [3.63, 3.8) is 0 Å². The Labute approximate surface area is 128 Å². The molecule has 1 N–H and O–H groups in total. The first kappa shape index (κ1) is 15.9. The van der Waals surface area contributed by atoms with Gasteiger partial charge in [-0.25, -0.2) is 8.78 Å². The van der Waals surface area contributed by atoms with Crippen LogP contribution in [0.4, 0.5) is 8.78 Å². The van der Waals surface area contributed by atoms with Crippen LogP contribution in [0.2, 0.25) is 5.02 Å². The Kier molecular flexibility index (Phi) is 5.65. The quantitative estimate of drug-likeness (QED) is 0.860. The summed E-state index contributed by atoms with van der Waals surface area (Å²) >= 11 is 5.91. The van der Waals surface area contributed by atoms with Gasteiger partial charge in [-0.15, -0.1) is 0 Å². The number of hydrogen-bond donors (Lipinski definition) is 1. The molecule has 0 saturated carbocycles. The van der Waals surface area contributed by atoms with Gasteiger partial charge in [-0.2, -0.15) is 0 Å². The summed E-state index contributed by atoms with van der Waals surface area (Å²) in [6.45, 7) is 2.71. The van der Waals surface area contributed by atoms with Crippen LogP contribution in [0.25, 0.3) is 0 Å². The van der Waals surface area contributed by atoms with Crippen LogP contribution in [0.1, 0.15) is 30.6 Å². The van der Waals surface area contributed by atoms with Crippen LogP contribution in [-0.2, 0) is 6.42 Å². The van der Waals surface area contributed by atoms with Gasteiger partial charge in [-0.1, -0.05) is 18.5 Å². The Hall–Kier alpha value is -1.52. The second-order valence-electron chi connectivity index (χ2n) is 4.82. The maximum absolute atomic E-state index is 13.9. The van der Waals surface area contributed by atoms with Gasteiger partial charge in [0.15, 0.2) is 0 Å². The Balaban J connectivity index is 2.28. The van der Waals surface area contributed by atoms with Crippen LogP contribution in [-0.4, -0.2) is 11.5 Å². The SMILES string of the molecule is CCCNC(Cc1cc(Cl)ccc1F)c1ncccc1F. The zero-order valence-corrected chi connectivity index (χ0v) is 12.5. The fourth-order valence-corrected chi connectivity index (χ4v) is 2.35. The highest BCUT2D eigenvalue weighted by Gasteiger charge is 2.18. The summed E-state index contributed by atoms with van der Waals surface area (Å²) in [5.74, 6) is -0.743. The Morgan fingerprint density at radius 1 is 1.24 bits per heavy atom. The first-order chi connectivity index (χ1) is 10.1. The molecule has 5 heteroatoms. The van der Waals surface area contributed by atoms with E-state index in [9.17, 15) is 8.78 Å². The first-order valence-corrected chi connectivity index (χ1v) is 7.27. The molecule has 0 aliphatic heterocycles. The molecular weight excluding hydrogens is 294 g/mol. The zero-order chi connectivity index (χ0) is 15.2.